The van der Waals surface area contributed by atoms with Crippen molar-refractivity contribution in [3.63, 3.8) is 0 Å². The number of hydrogen-bond donors (Lipinski definition) is 1. The van der Waals surface area contributed by atoms with Gasteiger partial charge in [-0.25, -0.2) is 9.98 Å². The molecule has 2 heterocycles. The van der Waals surface area contributed by atoms with Gasteiger partial charge in [-0.2, -0.15) is 0 Å². The summed E-state index contributed by atoms with van der Waals surface area (Å²) in [6, 6.07) is 11.6. The Labute approximate surface area is 108 Å². The second-order valence-corrected chi connectivity index (χ2v) is 4.71. The monoisotopic (exact) mass is 254 g/mol. The normalized spacial score (nSPS) is 11.9. The molecule has 0 amide bonds. The predicted molar refractivity (Wildman–Crippen MR) is 74.2 cm³/mol. The number of thiazole rings is 1. The maximum absolute atomic E-state index is 5.94. The summed E-state index contributed by atoms with van der Waals surface area (Å²) < 4.78 is 1.11. The van der Waals surface area contributed by atoms with E-state index in [0.29, 0.717) is 11.0 Å². The van der Waals surface area contributed by atoms with E-state index in [1.54, 1.807) is 12.4 Å². The minimum atomic E-state index is 0.455. The molecular formula is C13H10N4S. The molecule has 0 radical (unpaired) electrons. The smallest absolute Gasteiger partial charge is 0.212 e. The minimum Gasteiger partial charge on any atom is -0.383 e. The largest absolute Gasteiger partial charge is 0.383 e. The van der Waals surface area contributed by atoms with E-state index in [-0.39, 0.29) is 0 Å². The lowest BCUT2D eigenvalue weighted by Crippen LogP contribution is -2.12. The highest BCUT2D eigenvalue weighted by Gasteiger charge is 2.03. The zero-order valence-electron chi connectivity index (χ0n) is 9.45. The first kappa shape index (κ1) is 10.9. The molecule has 18 heavy (non-hydrogen) atoms. The second kappa shape index (κ2) is 4.54. The van der Waals surface area contributed by atoms with Crippen LogP contribution in [-0.4, -0.2) is 15.8 Å². The van der Waals surface area contributed by atoms with Gasteiger partial charge in [0.25, 0.3) is 0 Å². The zero-order valence-corrected chi connectivity index (χ0v) is 10.3. The summed E-state index contributed by atoms with van der Waals surface area (Å²) in [6.45, 7) is 0. The third kappa shape index (κ3) is 2.08. The molecule has 2 aromatic heterocycles. The summed E-state index contributed by atoms with van der Waals surface area (Å²) in [5.74, 6) is 0.455. The van der Waals surface area contributed by atoms with Crippen LogP contribution in [0.25, 0.3) is 10.2 Å². The molecular weight excluding hydrogens is 244 g/mol. The predicted octanol–water partition coefficient (Wildman–Crippen LogP) is 2.73. The first-order valence-electron chi connectivity index (χ1n) is 5.43. The maximum atomic E-state index is 5.94. The van der Waals surface area contributed by atoms with Gasteiger partial charge in [0.2, 0.25) is 5.13 Å². The van der Waals surface area contributed by atoms with Crippen molar-refractivity contribution >= 4 is 32.5 Å². The van der Waals surface area contributed by atoms with Gasteiger partial charge in [-0.3, -0.25) is 4.98 Å². The van der Waals surface area contributed by atoms with Crippen LogP contribution in [0.2, 0.25) is 0 Å². The molecule has 0 unspecified atom stereocenters. The van der Waals surface area contributed by atoms with Crippen LogP contribution >= 0.6 is 11.3 Å². The van der Waals surface area contributed by atoms with E-state index in [1.807, 2.05) is 36.4 Å². The van der Waals surface area contributed by atoms with Gasteiger partial charge < -0.3 is 5.73 Å². The quantitative estimate of drug-likeness (QED) is 0.565. The molecule has 0 fully saturated rings. The summed E-state index contributed by atoms with van der Waals surface area (Å²) in [6.07, 6.45) is 3.38. The molecule has 0 aliphatic heterocycles. The van der Waals surface area contributed by atoms with Crippen LogP contribution < -0.4 is 5.73 Å². The molecule has 0 atom stereocenters. The molecule has 3 rings (SSSR count). The average Bonchev–Trinajstić information content (AvgIpc) is 2.82. The lowest BCUT2D eigenvalue weighted by atomic mass is 10.2. The molecule has 0 spiro atoms. The van der Waals surface area contributed by atoms with Crippen molar-refractivity contribution in [3.05, 3.63) is 54.4 Å². The Bertz CT molecular complexity index is 670. The lowest BCUT2D eigenvalue weighted by molar-refractivity contribution is 1.31. The molecule has 0 aliphatic carbocycles. The maximum Gasteiger partial charge on any atom is 0.212 e. The number of hydrogen-bond acceptors (Lipinski definition) is 4. The SMILES string of the molecule is N/C(=N\c1nc2ccccc2s1)c1ccncc1. The van der Waals surface area contributed by atoms with Gasteiger partial charge in [0, 0.05) is 18.0 Å². The van der Waals surface area contributed by atoms with Gasteiger partial charge in [0.15, 0.2) is 0 Å². The van der Waals surface area contributed by atoms with Gasteiger partial charge in [-0.15, -0.1) is 0 Å². The summed E-state index contributed by atoms with van der Waals surface area (Å²) in [5, 5.41) is 0.672. The number of nitrogens with zero attached hydrogens (tertiary/aromatic N) is 3. The molecule has 4 nitrogen and oxygen atoms in total. The van der Waals surface area contributed by atoms with Gasteiger partial charge in [-0.05, 0) is 24.3 Å². The number of rotatable bonds is 2. The molecule has 0 aliphatic rings. The number of aliphatic imine (C=N–C) groups is 1. The zero-order chi connectivity index (χ0) is 12.4. The van der Waals surface area contributed by atoms with Gasteiger partial charge in [0.05, 0.1) is 10.2 Å². The van der Waals surface area contributed by atoms with Gasteiger partial charge in [-0.1, -0.05) is 23.5 Å². The van der Waals surface area contributed by atoms with E-state index >= 15 is 0 Å². The van der Waals surface area contributed by atoms with Crippen molar-refractivity contribution in [1.29, 1.82) is 0 Å². The number of para-hydroxylation sites is 1. The lowest BCUT2D eigenvalue weighted by Gasteiger charge is -1.97. The summed E-state index contributed by atoms with van der Waals surface area (Å²) in [5.41, 5.74) is 7.74. The van der Waals surface area contributed by atoms with E-state index in [9.17, 15) is 0 Å². The van der Waals surface area contributed by atoms with Crippen molar-refractivity contribution < 1.29 is 0 Å². The van der Waals surface area contributed by atoms with Crippen molar-refractivity contribution in [3.8, 4) is 0 Å². The number of fused-ring (bicyclic) bond motifs is 1. The summed E-state index contributed by atoms with van der Waals surface area (Å²) in [4.78, 5) is 12.7. The van der Waals surface area contributed by atoms with Crippen LogP contribution in [0.15, 0.2) is 53.8 Å². The minimum absolute atomic E-state index is 0.455. The molecule has 3 aromatic rings. The fraction of sp³-hybridized carbons (Fsp3) is 0. The summed E-state index contributed by atoms with van der Waals surface area (Å²) >= 11 is 1.53. The van der Waals surface area contributed by atoms with Crippen LogP contribution in [0.3, 0.4) is 0 Å². The Kier molecular flexibility index (Phi) is 2.74. The van der Waals surface area contributed by atoms with Crippen molar-refractivity contribution in [2.24, 2.45) is 10.7 Å². The number of pyridine rings is 1. The van der Waals surface area contributed by atoms with Gasteiger partial charge >= 0.3 is 0 Å². The van der Waals surface area contributed by atoms with E-state index < -0.39 is 0 Å². The molecule has 0 bridgehead atoms. The molecule has 5 heteroatoms. The summed E-state index contributed by atoms with van der Waals surface area (Å²) in [7, 11) is 0. The van der Waals surface area contributed by atoms with Crippen molar-refractivity contribution in [1.82, 2.24) is 9.97 Å². The van der Waals surface area contributed by atoms with Crippen LogP contribution in [-0.2, 0) is 0 Å². The number of aromatic nitrogens is 2. The van der Waals surface area contributed by atoms with Crippen LogP contribution in [0.5, 0.6) is 0 Å². The third-order valence-corrected chi connectivity index (χ3v) is 3.41. The third-order valence-electron chi connectivity index (χ3n) is 2.47. The topological polar surface area (TPSA) is 64.2 Å². The Morgan fingerprint density at radius 2 is 1.89 bits per heavy atom. The first-order chi connectivity index (χ1) is 8.83. The highest BCUT2D eigenvalue weighted by Crippen LogP contribution is 2.27. The molecule has 2 N–H and O–H groups in total. The van der Waals surface area contributed by atoms with Crippen molar-refractivity contribution in [2.75, 3.05) is 0 Å². The van der Waals surface area contributed by atoms with E-state index in [0.717, 1.165) is 15.8 Å². The van der Waals surface area contributed by atoms with E-state index in [4.69, 9.17) is 5.73 Å². The van der Waals surface area contributed by atoms with Crippen LogP contribution in [0, 0.1) is 0 Å². The number of nitrogens with two attached hydrogens (primary N) is 1. The van der Waals surface area contributed by atoms with Crippen LogP contribution in [0.1, 0.15) is 5.56 Å². The fourth-order valence-electron chi connectivity index (χ4n) is 1.60. The fourth-order valence-corrected chi connectivity index (χ4v) is 2.45. The number of amidine groups is 1. The molecule has 1 aromatic carbocycles. The van der Waals surface area contributed by atoms with Crippen LogP contribution in [0.4, 0.5) is 5.13 Å². The van der Waals surface area contributed by atoms with Crippen molar-refractivity contribution in [2.45, 2.75) is 0 Å². The van der Waals surface area contributed by atoms with E-state index in [2.05, 4.69) is 15.0 Å². The molecule has 0 saturated heterocycles. The number of benzene rings is 1. The Balaban J connectivity index is 2.00. The Hall–Kier alpha value is -2.27. The standard InChI is InChI=1S/C13H10N4S/c14-12(9-5-7-15-8-6-9)17-13-16-10-3-1-2-4-11(10)18-13/h1-8H,(H2,14,16,17). The van der Waals surface area contributed by atoms with Gasteiger partial charge in [0.1, 0.15) is 5.84 Å². The molecule has 88 valence electrons. The first-order valence-corrected chi connectivity index (χ1v) is 6.25. The highest BCUT2D eigenvalue weighted by molar-refractivity contribution is 7.22. The molecule has 0 saturated carbocycles. The Morgan fingerprint density at radius 1 is 1.11 bits per heavy atom. The highest BCUT2D eigenvalue weighted by atomic mass is 32.1. The van der Waals surface area contributed by atoms with E-state index in [1.165, 1.54) is 11.3 Å². The Morgan fingerprint density at radius 3 is 2.67 bits per heavy atom. The average molecular weight is 254 g/mol. The second-order valence-electron chi connectivity index (χ2n) is 3.70.